The van der Waals surface area contributed by atoms with Gasteiger partial charge in [-0.3, -0.25) is 4.21 Å². The molecule has 1 unspecified atom stereocenters. The number of nitrogens with zero attached hydrogens (tertiary/aromatic N) is 2. The van der Waals surface area contributed by atoms with Gasteiger partial charge in [-0.15, -0.1) is 11.6 Å². The standard InChI is InChI=1S/C13H17ClN2O2S/c1-18-10-4-5-12-11(8-10)15-13(9-14)16(12)6-3-7-19(2)17/h4-5,8H,3,6-7,9H2,1-2H3. The minimum Gasteiger partial charge on any atom is -0.497 e. The Kier molecular flexibility index (Phi) is 4.82. The average molecular weight is 301 g/mol. The van der Waals surface area contributed by atoms with E-state index in [1.54, 1.807) is 13.4 Å². The minimum atomic E-state index is -0.761. The molecule has 0 aliphatic carbocycles. The van der Waals surface area contributed by atoms with Crippen LogP contribution in [0.3, 0.4) is 0 Å². The van der Waals surface area contributed by atoms with E-state index in [2.05, 4.69) is 9.55 Å². The Morgan fingerprint density at radius 1 is 1.47 bits per heavy atom. The van der Waals surface area contributed by atoms with Crippen LogP contribution in [-0.2, 0) is 23.2 Å². The highest BCUT2D eigenvalue weighted by atomic mass is 35.5. The second kappa shape index (κ2) is 6.39. The fraction of sp³-hybridized carbons (Fsp3) is 0.462. The van der Waals surface area contributed by atoms with Crippen molar-refractivity contribution in [3.05, 3.63) is 24.0 Å². The number of benzene rings is 1. The average Bonchev–Trinajstić information content (AvgIpc) is 2.75. The highest BCUT2D eigenvalue weighted by Gasteiger charge is 2.10. The zero-order chi connectivity index (χ0) is 13.8. The molecule has 0 aliphatic heterocycles. The van der Waals surface area contributed by atoms with Gasteiger partial charge in [0, 0.05) is 35.4 Å². The Bertz CT molecular complexity index is 598. The molecule has 6 heteroatoms. The van der Waals surface area contributed by atoms with Crippen molar-refractivity contribution in [1.29, 1.82) is 0 Å². The zero-order valence-electron chi connectivity index (χ0n) is 11.1. The topological polar surface area (TPSA) is 44.1 Å². The number of ether oxygens (including phenoxy) is 1. The van der Waals surface area contributed by atoms with Crippen LogP contribution in [0.2, 0.25) is 0 Å². The second-order valence-corrected chi connectivity index (χ2v) is 6.12. The molecule has 1 aromatic heterocycles. The third-order valence-corrected chi connectivity index (χ3v) is 4.07. The van der Waals surface area contributed by atoms with Crippen LogP contribution in [0.15, 0.2) is 18.2 Å². The lowest BCUT2D eigenvalue weighted by Crippen LogP contribution is -2.06. The summed E-state index contributed by atoms with van der Waals surface area (Å²) in [6.45, 7) is 0.782. The highest BCUT2D eigenvalue weighted by molar-refractivity contribution is 7.84. The maximum atomic E-state index is 11.1. The van der Waals surface area contributed by atoms with Crippen LogP contribution in [0.4, 0.5) is 0 Å². The first-order valence-corrected chi connectivity index (χ1v) is 8.31. The molecule has 0 amide bonds. The van der Waals surface area contributed by atoms with Gasteiger partial charge in [-0.1, -0.05) is 0 Å². The molecule has 1 aromatic carbocycles. The van der Waals surface area contributed by atoms with E-state index < -0.39 is 10.8 Å². The monoisotopic (exact) mass is 300 g/mol. The van der Waals surface area contributed by atoms with Crippen molar-refractivity contribution in [2.45, 2.75) is 18.8 Å². The molecule has 0 spiro atoms. The molecule has 0 N–H and O–H groups in total. The summed E-state index contributed by atoms with van der Waals surface area (Å²) in [5, 5.41) is 0. The van der Waals surface area contributed by atoms with Crippen LogP contribution in [-0.4, -0.2) is 32.9 Å². The van der Waals surface area contributed by atoms with Crippen LogP contribution < -0.4 is 4.74 Å². The minimum absolute atomic E-state index is 0.367. The van der Waals surface area contributed by atoms with Crippen molar-refractivity contribution in [2.75, 3.05) is 19.1 Å². The number of aryl methyl sites for hydroxylation is 1. The number of rotatable bonds is 6. The smallest absolute Gasteiger partial charge is 0.124 e. The number of hydrogen-bond donors (Lipinski definition) is 0. The van der Waals surface area contributed by atoms with Crippen LogP contribution in [0.5, 0.6) is 5.75 Å². The fourth-order valence-electron chi connectivity index (χ4n) is 2.06. The Hall–Kier alpha value is -1.07. The third kappa shape index (κ3) is 3.28. The van der Waals surface area contributed by atoms with Crippen molar-refractivity contribution in [1.82, 2.24) is 9.55 Å². The van der Waals surface area contributed by atoms with E-state index in [0.29, 0.717) is 11.6 Å². The summed E-state index contributed by atoms with van der Waals surface area (Å²) >= 11 is 5.94. The van der Waals surface area contributed by atoms with Crippen molar-refractivity contribution in [3.63, 3.8) is 0 Å². The van der Waals surface area contributed by atoms with Gasteiger partial charge in [0.05, 0.1) is 24.0 Å². The molecule has 0 saturated heterocycles. The molecule has 0 saturated carbocycles. The van der Waals surface area contributed by atoms with Crippen LogP contribution >= 0.6 is 11.6 Å². The van der Waals surface area contributed by atoms with E-state index in [4.69, 9.17) is 16.3 Å². The molecule has 1 atom stereocenters. The summed E-state index contributed by atoms with van der Waals surface area (Å²) in [6, 6.07) is 5.80. The quantitative estimate of drug-likeness (QED) is 0.770. The van der Waals surface area contributed by atoms with Crippen molar-refractivity contribution >= 4 is 33.4 Å². The third-order valence-electron chi connectivity index (χ3n) is 2.97. The highest BCUT2D eigenvalue weighted by Crippen LogP contribution is 2.23. The Morgan fingerprint density at radius 2 is 2.26 bits per heavy atom. The number of aromatic nitrogens is 2. The van der Waals surface area contributed by atoms with Gasteiger partial charge in [-0.05, 0) is 18.6 Å². The van der Waals surface area contributed by atoms with Crippen molar-refractivity contribution in [3.8, 4) is 5.75 Å². The Morgan fingerprint density at radius 3 is 2.89 bits per heavy atom. The lowest BCUT2D eigenvalue weighted by atomic mass is 10.3. The molecule has 1 heterocycles. The van der Waals surface area contributed by atoms with Crippen LogP contribution in [0.1, 0.15) is 12.2 Å². The van der Waals surface area contributed by atoms with Crippen LogP contribution in [0.25, 0.3) is 11.0 Å². The number of halogens is 1. The number of methoxy groups -OCH3 is 1. The molecule has 0 radical (unpaired) electrons. The van der Waals surface area contributed by atoms with Gasteiger partial charge in [0.25, 0.3) is 0 Å². The normalized spacial score (nSPS) is 12.8. The van der Waals surface area contributed by atoms with E-state index in [1.807, 2.05) is 18.2 Å². The molecule has 104 valence electrons. The molecule has 0 bridgehead atoms. The van der Waals surface area contributed by atoms with E-state index in [9.17, 15) is 4.21 Å². The van der Waals surface area contributed by atoms with E-state index >= 15 is 0 Å². The summed E-state index contributed by atoms with van der Waals surface area (Å²) < 4.78 is 18.4. The van der Waals surface area contributed by atoms with Gasteiger partial charge in [-0.25, -0.2) is 4.98 Å². The van der Waals surface area contributed by atoms with Gasteiger partial charge in [0.2, 0.25) is 0 Å². The zero-order valence-corrected chi connectivity index (χ0v) is 12.6. The Balaban J connectivity index is 2.32. The summed E-state index contributed by atoms with van der Waals surface area (Å²) in [7, 11) is 0.875. The fourth-order valence-corrected chi connectivity index (χ4v) is 2.80. The SMILES string of the molecule is COc1ccc2c(c1)nc(CCl)n2CCCS(C)=O. The van der Waals surface area contributed by atoms with Gasteiger partial charge in [-0.2, -0.15) is 0 Å². The maximum absolute atomic E-state index is 11.1. The number of hydrogen-bond acceptors (Lipinski definition) is 3. The first-order valence-electron chi connectivity index (χ1n) is 6.05. The molecular weight excluding hydrogens is 284 g/mol. The Labute approximate surface area is 120 Å². The number of imidazole rings is 1. The maximum Gasteiger partial charge on any atom is 0.124 e. The van der Waals surface area contributed by atoms with Crippen molar-refractivity contribution in [2.24, 2.45) is 0 Å². The van der Waals surface area contributed by atoms with Gasteiger partial charge in [0.15, 0.2) is 0 Å². The second-order valence-electron chi connectivity index (χ2n) is 4.30. The summed E-state index contributed by atoms with van der Waals surface area (Å²) in [5.74, 6) is 2.68. The predicted octanol–water partition coefficient (Wildman–Crippen LogP) is 2.55. The predicted molar refractivity (Wildman–Crippen MR) is 79.4 cm³/mol. The van der Waals surface area contributed by atoms with Gasteiger partial charge in [0.1, 0.15) is 11.6 Å². The van der Waals surface area contributed by atoms with E-state index in [1.165, 1.54) is 0 Å². The summed E-state index contributed by atoms with van der Waals surface area (Å²) in [4.78, 5) is 4.51. The molecular formula is C13H17ClN2O2S. The molecule has 2 aromatic rings. The van der Waals surface area contributed by atoms with E-state index in [0.717, 1.165) is 35.6 Å². The summed E-state index contributed by atoms with van der Waals surface area (Å²) in [5.41, 5.74) is 1.92. The molecule has 2 rings (SSSR count). The summed E-state index contributed by atoms with van der Waals surface area (Å²) in [6.07, 6.45) is 2.57. The molecule has 4 nitrogen and oxygen atoms in total. The lowest BCUT2D eigenvalue weighted by Gasteiger charge is -2.07. The van der Waals surface area contributed by atoms with Gasteiger partial charge >= 0.3 is 0 Å². The molecule has 19 heavy (non-hydrogen) atoms. The number of fused-ring (bicyclic) bond motifs is 1. The van der Waals surface area contributed by atoms with Crippen molar-refractivity contribution < 1.29 is 8.95 Å². The molecule has 0 aliphatic rings. The first kappa shape index (κ1) is 14.3. The van der Waals surface area contributed by atoms with E-state index in [-0.39, 0.29) is 0 Å². The van der Waals surface area contributed by atoms with Crippen LogP contribution in [0, 0.1) is 0 Å². The lowest BCUT2D eigenvalue weighted by molar-refractivity contribution is 0.415. The number of alkyl halides is 1. The molecule has 0 fully saturated rings. The van der Waals surface area contributed by atoms with Gasteiger partial charge < -0.3 is 9.30 Å². The largest absolute Gasteiger partial charge is 0.497 e. The first-order chi connectivity index (χ1) is 9.15.